The fourth-order valence-corrected chi connectivity index (χ4v) is 2.30. The lowest BCUT2D eigenvalue weighted by atomic mass is 10.2. The number of hydrogen-bond donors (Lipinski definition) is 2. The molecular formula is C19H21ClN2O4. The van der Waals surface area contributed by atoms with Gasteiger partial charge in [-0.25, -0.2) is 0 Å². The zero-order valence-corrected chi connectivity index (χ0v) is 15.2. The summed E-state index contributed by atoms with van der Waals surface area (Å²) in [7, 11) is 0. The Kier molecular flexibility index (Phi) is 7.76. The third-order valence-corrected chi connectivity index (χ3v) is 3.56. The SMILES string of the molecule is CCOc1ccc(OCC(=O)NCCNC(=O)c2cccc(Cl)c2)cc1. The van der Waals surface area contributed by atoms with E-state index >= 15 is 0 Å². The molecule has 0 fully saturated rings. The van der Waals surface area contributed by atoms with Crippen molar-refractivity contribution in [2.75, 3.05) is 26.3 Å². The van der Waals surface area contributed by atoms with Gasteiger partial charge in [-0.1, -0.05) is 17.7 Å². The lowest BCUT2D eigenvalue weighted by Gasteiger charge is -2.09. The molecule has 0 heterocycles. The summed E-state index contributed by atoms with van der Waals surface area (Å²) in [6.45, 7) is 3.01. The van der Waals surface area contributed by atoms with Crippen molar-refractivity contribution in [3.8, 4) is 11.5 Å². The third kappa shape index (κ3) is 6.64. The van der Waals surface area contributed by atoms with Crippen LogP contribution in [0.5, 0.6) is 11.5 Å². The highest BCUT2D eigenvalue weighted by molar-refractivity contribution is 6.30. The second-order valence-corrected chi connectivity index (χ2v) is 5.75. The largest absolute Gasteiger partial charge is 0.494 e. The molecule has 2 aromatic rings. The summed E-state index contributed by atoms with van der Waals surface area (Å²) < 4.78 is 10.7. The fourth-order valence-electron chi connectivity index (χ4n) is 2.11. The Morgan fingerprint density at radius 1 is 0.962 bits per heavy atom. The number of carbonyl (C=O) groups is 2. The van der Waals surface area contributed by atoms with Crippen molar-refractivity contribution >= 4 is 23.4 Å². The number of halogens is 1. The van der Waals surface area contributed by atoms with Crippen LogP contribution in [0.1, 0.15) is 17.3 Å². The average molecular weight is 377 g/mol. The van der Waals surface area contributed by atoms with Crippen molar-refractivity contribution in [1.82, 2.24) is 10.6 Å². The molecule has 2 aromatic carbocycles. The monoisotopic (exact) mass is 376 g/mol. The number of nitrogens with one attached hydrogen (secondary N) is 2. The van der Waals surface area contributed by atoms with Gasteiger partial charge in [0.25, 0.3) is 11.8 Å². The molecule has 0 saturated heterocycles. The molecule has 7 heteroatoms. The zero-order valence-electron chi connectivity index (χ0n) is 14.5. The standard InChI is InChI=1S/C19H21ClN2O4/c1-2-25-16-6-8-17(9-7-16)26-13-18(23)21-10-11-22-19(24)14-4-3-5-15(20)12-14/h3-9,12H,2,10-11,13H2,1H3,(H,21,23)(H,22,24). The highest BCUT2D eigenvalue weighted by atomic mass is 35.5. The maximum absolute atomic E-state index is 11.9. The van der Waals surface area contributed by atoms with E-state index in [2.05, 4.69) is 10.6 Å². The van der Waals surface area contributed by atoms with E-state index in [-0.39, 0.29) is 18.4 Å². The Morgan fingerprint density at radius 3 is 2.27 bits per heavy atom. The van der Waals surface area contributed by atoms with Gasteiger partial charge < -0.3 is 20.1 Å². The van der Waals surface area contributed by atoms with Gasteiger partial charge in [-0.05, 0) is 49.4 Å². The second-order valence-electron chi connectivity index (χ2n) is 5.31. The minimum atomic E-state index is -0.268. The van der Waals surface area contributed by atoms with E-state index in [1.54, 1.807) is 48.5 Å². The van der Waals surface area contributed by atoms with E-state index in [1.165, 1.54) is 0 Å². The normalized spacial score (nSPS) is 10.1. The van der Waals surface area contributed by atoms with Crippen LogP contribution in [0.4, 0.5) is 0 Å². The summed E-state index contributed by atoms with van der Waals surface area (Å²) in [4.78, 5) is 23.7. The van der Waals surface area contributed by atoms with Crippen molar-refractivity contribution in [3.63, 3.8) is 0 Å². The summed E-state index contributed by atoms with van der Waals surface area (Å²) in [6.07, 6.45) is 0. The van der Waals surface area contributed by atoms with E-state index in [1.807, 2.05) is 6.92 Å². The molecule has 138 valence electrons. The first-order valence-corrected chi connectivity index (χ1v) is 8.62. The Labute approximate surface area is 157 Å². The van der Waals surface area contributed by atoms with Crippen LogP contribution in [-0.2, 0) is 4.79 Å². The molecule has 0 aliphatic carbocycles. The highest BCUT2D eigenvalue weighted by Gasteiger charge is 2.06. The predicted molar refractivity (Wildman–Crippen MR) is 99.9 cm³/mol. The minimum Gasteiger partial charge on any atom is -0.494 e. The molecule has 26 heavy (non-hydrogen) atoms. The quantitative estimate of drug-likeness (QED) is 0.660. The van der Waals surface area contributed by atoms with Crippen molar-refractivity contribution < 1.29 is 19.1 Å². The van der Waals surface area contributed by atoms with Gasteiger partial charge in [-0.15, -0.1) is 0 Å². The van der Waals surface area contributed by atoms with Crippen LogP contribution in [0.2, 0.25) is 5.02 Å². The number of hydrogen-bond acceptors (Lipinski definition) is 4. The van der Waals surface area contributed by atoms with Gasteiger partial charge in [0.05, 0.1) is 6.61 Å². The number of ether oxygens (including phenoxy) is 2. The summed E-state index contributed by atoms with van der Waals surface area (Å²) in [5.41, 5.74) is 0.475. The van der Waals surface area contributed by atoms with E-state index < -0.39 is 0 Å². The number of amides is 2. The maximum Gasteiger partial charge on any atom is 0.258 e. The lowest BCUT2D eigenvalue weighted by molar-refractivity contribution is -0.123. The third-order valence-electron chi connectivity index (χ3n) is 3.32. The molecule has 6 nitrogen and oxygen atoms in total. The molecule has 2 rings (SSSR count). The summed E-state index contributed by atoms with van der Waals surface area (Å²) in [5.74, 6) is 0.820. The van der Waals surface area contributed by atoms with Gasteiger partial charge in [0.1, 0.15) is 11.5 Å². The fraction of sp³-hybridized carbons (Fsp3) is 0.263. The van der Waals surface area contributed by atoms with Gasteiger partial charge in [0, 0.05) is 23.7 Å². The van der Waals surface area contributed by atoms with Crippen molar-refractivity contribution in [3.05, 3.63) is 59.1 Å². The van der Waals surface area contributed by atoms with Crippen LogP contribution in [0.15, 0.2) is 48.5 Å². The molecule has 0 spiro atoms. The maximum atomic E-state index is 11.9. The molecule has 2 N–H and O–H groups in total. The van der Waals surface area contributed by atoms with Crippen LogP contribution < -0.4 is 20.1 Å². The average Bonchev–Trinajstić information content (AvgIpc) is 2.65. The minimum absolute atomic E-state index is 0.101. The van der Waals surface area contributed by atoms with E-state index in [0.717, 1.165) is 5.75 Å². The van der Waals surface area contributed by atoms with Crippen LogP contribution in [0.3, 0.4) is 0 Å². The van der Waals surface area contributed by atoms with Crippen LogP contribution >= 0.6 is 11.6 Å². The van der Waals surface area contributed by atoms with Gasteiger partial charge in [-0.2, -0.15) is 0 Å². The summed E-state index contributed by atoms with van der Waals surface area (Å²) in [5, 5.41) is 5.88. The van der Waals surface area contributed by atoms with Gasteiger partial charge in [0.2, 0.25) is 0 Å². The molecular weight excluding hydrogens is 356 g/mol. The Hall–Kier alpha value is -2.73. The molecule has 0 aliphatic rings. The topological polar surface area (TPSA) is 76.7 Å². The molecule has 2 amide bonds. The number of benzene rings is 2. The van der Waals surface area contributed by atoms with E-state index in [9.17, 15) is 9.59 Å². The Morgan fingerprint density at radius 2 is 1.62 bits per heavy atom. The Balaban J connectivity index is 1.63. The second kappa shape index (κ2) is 10.3. The van der Waals surface area contributed by atoms with Crippen molar-refractivity contribution in [1.29, 1.82) is 0 Å². The molecule has 0 aliphatic heterocycles. The summed E-state index contributed by atoms with van der Waals surface area (Å²) >= 11 is 5.84. The lowest BCUT2D eigenvalue weighted by Crippen LogP contribution is -2.36. The van der Waals surface area contributed by atoms with Gasteiger partial charge >= 0.3 is 0 Å². The van der Waals surface area contributed by atoms with E-state index in [0.29, 0.717) is 36.0 Å². The van der Waals surface area contributed by atoms with Crippen LogP contribution in [-0.4, -0.2) is 38.1 Å². The van der Waals surface area contributed by atoms with Crippen molar-refractivity contribution in [2.24, 2.45) is 0 Å². The molecule has 0 radical (unpaired) electrons. The molecule has 0 saturated carbocycles. The summed E-state index contributed by atoms with van der Waals surface area (Å²) in [6, 6.07) is 13.7. The van der Waals surface area contributed by atoms with Gasteiger partial charge in [-0.3, -0.25) is 9.59 Å². The van der Waals surface area contributed by atoms with Crippen LogP contribution in [0.25, 0.3) is 0 Å². The molecule has 0 unspecified atom stereocenters. The zero-order chi connectivity index (χ0) is 18.8. The first-order valence-electron chi connectivity index (χ1n) is 8.24. The first kappa shape index (κ1) is 19.6. The first-order chi connectivity index (χ1) is 12.6. The smallest absolute Gasteiger partial charge is 0.258 e. The van der Waals surface area contributed by atoms with E-state index in [4.69, 9.17) is 21.1 Å². The Bertz CT molecular complexity index is 735. The van der Waals surface area contributed by atoms with Gasteiger partial charge in [0.15, 0.2) is 6.61 Å². The number of rotatable bonds is 9. The predicted octanol–water partition coefficient (Wildman–Crippen LogP) is 2.66. The molecule has 0 bridgehead atoms. The number of carbonyl (C=O) groups excluding carboxylic acids is 2. The van der Waals surface area contributed by atoms with Crippen LogP contribution in [0, 0.1) is 0 Å². The highest BCUT2D eigenvalue weighted by Crippen LogP contribution is 2.17. The van der Waals surface area contributed by atoms with Crippen molar-refractivity contribution in [2.45, 2.75) is 6.92 Å². The molecule has 0 atom stereocenters. The molecule has 0 aromatic heterocycles.